The van der Waals surface area contributed by atoms with Gasteiger partial charge in [0.15, 0.2) is 11.5 Å². The molecule has 1 aromatic rings. The molecule has 98 valence electrons. The van der Waals surface area contributed by atoms with Gasteiger partial charge >= 0.3 is 0 Å². The fraction of sp³-hybridized carbons (Fsp3) is 0.571. The second kappa shape index (κ2) is 5.06. The minimum Gasteiger partial charge on any atom is -0.490 e. The summed E-state index contributed by atoms with van der Waals surface area (Å²) < 4.78 is 11.4. The molecule has 1 aromatic carbocycles. The maximum absolute atomic E-state index is 5.72. The molecule has 4 nitrogen and oxygen atoms in total. The van der Waals surface area contributed by atoms with Gasteiger partial charge in [-0.25, -0.2) is 0 Å². The van der Waals surface area contributed by atoms with Crippen LogP contribution in [0.1, 0.15) is 6.42 Å². The zero-order chi connectivity index (χ0) is 12.4. The van der Waals surface area contributed by atoms with Gasteiger partial charge in [0.25, 0.3) is 0 Å². The van der Waals surface area contributed by atoms with Crippen molar-refractivity contribution < 1.29 is 9.47 Å². The van der Waals surface area contributed by atoms with Crippen LogP contribution in [0.2, 0.25) is 0 Å². The van der Waals surface area contributed by atoms with Crippen LogP contribution in [0.25, 0.3) is 0 Å². The molecule has 2 aliphatic heterocycles. The Labute approximate surface area is 108 Å². The van der Waals surface area contributed by atoms with E-state index in [1.807, 2.05) is 6.07 Å². The molecule has 0 saturated carbocycles. The van der Waals surface area contributed by atoms with Crippen molar-refractivity contribution in [3.8, 4) is 11.5 Å². The highest BCUT2D eigenvalue weighted by molar-refractivity contribution is 5.56. The van der Waals surface area contributed by atoms with Crippen LogP contribution in [0.3, 0.4) is 0 Å². The number of benzene rings is 1. The Bertz CT molecular complexity index is 418. The van der Waals surface area contributed by atoms with Crippen molar-refractivity contribution in [1.82, 2.24) is 5.32 Å². The van der Waals surface area contributed by atoms with Gasteiger partial charge in [-0.3, -0.25) is 0 Å². The fourth-order valence-electron chi connectivity index (χ4n) is 2.36. The lowest BCUT2D eigenvalue weighted by Crippen LogP contribution is -2.47. The van der Waals surface area contributed by atoms with E-state index in [9.17, 15) is 0 Å². The zero-order valence-corrected chi connectivity index (χ0v) is 10.8. The first-order valence-electron chi connectivity index (χ1n) is 6.64. The van der Waals surface area contributed by atoms with Gasteiger partial charge in [-0.15, -0.1) is 0 Å². The lowest BCUT2D eigenvalue weighted by atomic mass is 10.0. The Morgan fingerprint density at radius 1 is 1.22 bits per heavy atom. The van der Waals surface area contributed by atoms with Crippen molar-refractivity contribution in [2.45, 2.75) is 6.42 Å². The summed E-state index contributed by atoms with van der Waals surface area (Å²) in [5.74, 6) is 2.52. The highest BCUT2D eigenvalue weighted by atomic mass is 16.5. The topological polar surface area (TPSA) is 33.7 Å². The molecular weight excluding hydrogens is 228 g/mol. The quantitative estimate of drug-likeness (QED) is 0.879. The average molecular weight is 248 g/mol. The first-order valence-corrected chi connectivity index (χ1v) is 6.64. The predicted molar refractivity (Wildman–Crippen MR) is 71.7 cm³/mol. The van der Waals surface area contributed by atoms with Gasteiger partial charge in [-0.2, -0.15) is 0 Å². The Kier molecular flexibility index (Phi) is 3.28. The third kappa shape index (κ3) is 2.38. The zero-order valence-electron chi connectivity index (χ0n) is 10.8. The van der Waals surface area contributed by atoms with Gasteiger partial charge in [0.1, 0.15) is 0 Å². The first-order chi connectivity index (χ1) is 8.83. The predicted octanol–water partition coefficient (Wildman–Crippen LogP) is 1.50. The Hall–Kier alpha value is -1.42. The summed E-state index contributed by atoms with van der Waals surface area (Å²) in [6.07, 6.45) is 0.952. The van der Waals surface area contributed by atoms with Crippen LogP contribution in [0.15, 0.2) is 18.2 Å². The Morgan fingerprint density at radius 2 is 2.00 bits per heavy atom. The number of nitrogens with zero attached hydrogens (tertiary/aromatic N) is 1. The molecule has 0 amide bonds. The monoisotopic (exact) mass is 248 g/mol. The van der Waals surface area contributed by atoms with Crippen LogP contribution in [0.5, 0.6) is 11.5 Å². The molecule has 1 N–H and O–H groups in total. The van der Waals surface area contributed by atoms with Crippen molar-refractivity contribution in [3.05, 3.63) is 18.2 Å². The summed E-state index contributed by atoms with van der Waals surface area (Å²) in [6.45, 7) is 4.85. The highest BCUT2D eigenvalue weighted by Gasteiger charge is 2.19. The standard InChI is InChI=1S/C14H20N2O2/c1-16(10-11-8-15-9-11)12-3-4-13-14(7-12)18-6-2-5-17-13/h3-4,7,11,15H,2,5-6,8-10H2,1H3. The SMILES string of the molecule is CN(CC1CNC1)c1ccc2c(c1)OCCCO2. The van der Waals surface area contributed by atoms with Gasteiger partial charge in [0, 0.05) is 50.8 Å². The van der Waals surface area contributed by atoms with Crippen molar-refractivity contribution >= 4 is 5.69 Å². The number of anilines is 1. The van der Waals surface area contributed by atoms with E-state index in [2.05, 4.69) is 29.4 Å². The van der Waals surface area contributed by atoms with E-state index in [1.165, 1.54) is 5.69 Å². The number of ether oxygens (including phenoxy) is 2. The second-order valence-corrected chi connectivity index (χ2v) is 5.09. The summed E-state index contributed by atoms with van der Waals surface area (Å²) in [6, 6.07) is 6.22. The molecule has 3 rings (SSSR count). The molecule has 0 unspecified atom stereocenters. The normalized spacial score (nSPS) is 18.9. The van der Waals surface area contributed by atoms with Crippen LogP contribution in [-0.4, -0.2) is 39.9 Å². The molecule has 1 saturated heterocycles. The molecule has 0 atom stereocenters. The third-order valence-electron chi connectivity index (χ3n) is 3.57. The lowest BCUT2D eigenvalue weighted by molar-refractivity contribution is 0.297. The van der Waals surface area contributed by atoms with Crippen molar-refractivity contribution in [2.75, 3.05) is 44.8 Å². The molecule has 2 heterocycles. The molecule has 0 radical (unpaired) electrons. The van der Waals surface area contributed by atoms with Crippen LogP contribution in [0, 0.1) is 5.92 Å². The van der Waals surface area contributed by atoms with Crippen molar-refractivity contribution in [3.63, 3.8) is 0 Å². The van der Waals surface area contributed by atoms with E-state index in [-0.39, 0.29) is 0 Å². The second-order valence-electron chi connectivity index (χ2n) is 5.09. The van der Waals surface area contributed by atoms with E-state index < -0.39 is 0 Å². The molecule has 4 heteroatoms. The highest BCUT2D eigenvalue weighted by Crippen LogP contribution is 2.33. The van der Waals surface area contributed by atoms with E-state index in [1.54, 1.807) is 0 Å². The van der Waals surface area contributed by atoms with E-state index in [0.717, 1.165) is 56.7 Å². The molecule has 0 aliphatic carbocycles. The van der Waals surface area contributed by atoms with Crippen LogP contribution >= 0.6 is 0 Å². The van der Waals surface area contributed by atoms with E-state index in [4.69, 9.17) is 9.47 Å². The van der Waals surface area contributed by atoms with Crippen molar-refractivity contribution in [2.24, 2.45) is 5.92 Å². The fourth-order valence-corrected chi connectivity index (χ4v) is 2.36. The third-order valence-corrected chi connectivity index (χ3v) is 3.57. The molecule has 2 aliphatic rings. The molecular formula is C14H20N2O2. The van der Waals surface area contributed by atoms with Crippen LogP contribution in [0.4, 0.5) is 5.69 Å². The maximum atomic E-state index is 5.72. The van der Waals surface area contributed by atoms with Gasteiger partial charge < -0.3 is 19.7 Å². The number of hydrogen-bond acceptors (Lipinski definition) is 4. The van der Waals surface area contributed by atoms with E-state index in [0.29, 0.717) is 0 Å². The first kappa shape index (κ1) is 11.7. The molecule has 0 spiro atoms. The maximum Gasteiger partial charge on any atom is 0.163 e. The number of nitrogens with one attached hydrogen (secondary N) is 1. The smallest absolute Gasteiger partial charge is 0.163 e. The summed E-state index contributed by atoms with van der Waals surface area (Å²) in [7, 11) is 2.14. The summed E-state index contributed by atoms with van der Waals surface area (Å²) >= 11 is 0. The van der Waals surface area contributed by atoms with Gasteiger partial charge in [0.2, 0.25) is 0 Å². The minimum atomic E-state index is 0.743. The van der Waals surface area contributed by atoms with Gasteiger partial charge in [-0.05, 0) is 12.1 Å². The molecule has 0 bridgehead atoms. The largest absolute Gasteiger partial charge is 0.490 e. The minimum absolute atomic E-state index is 0.743. The summed E-state index contributed by atoms with van der Waals surface area (Å²) in [5.41, 5.74) is 1.20. The number of hydrogen-bond donors (Lipinski definition) is 1. The molecule has 0 aromatic heterocycles. The van der Waals surface area contributed by atoms with Gasteiger partial charge in [0.05, 0.1) is 13.2 Å². The van der Waals surface area contributed by atoms with E-state index >= 15 is 0 Å². The number of rotatable bonds is 3. The van der Waals surface area contributed by atoms with Gasteiger partial charge in [-0.1, -0.05) is 0 Å². The van der Waals surface area contributed by atoms with Crippen LogP contribution in [-0.2, 0) is 0 Å². The summed E-state index contributed by atoms with van der Waals surface area (Å²) in [4.78, 5) is 2.29. The number of fused-ring (bicyclic) bond motifs is 1. The summed E-state index contributed by atoms with van der Waals surface area (Å²) in [5, 5.41) is 3.30. The molecule has 1 fully saturated rings. The van der Waals surface area contributed by atoms with Crippen molar-refractivity contribution in [1.29, 1.82) is 0 Å². The van der Waals surface area contributed by atoms with Crippen LogP contribution < -0.4 is 19.7 Å². The Morgan fingerprint density at radius 3 is 2.72 bits per heavy atom. The lowest BCUT2D eigenvalue weighted by Gasteiger charge is -2.32. The Balaban J connectivity index is 1.73. The average Bonchev–Trinajstić information content (AvgIpc) is 2.57. The molecule has 18 heavy (non-hydrogen) atoms.